The van der Waals surface area contributed by atoms with Gasteiger partial charge in [0.1, 0.15) is 6.61 Å². The largest absolute Gasteiger partial charge is 0.486 e. The van der Waals surface area contributed by atoms with Gasteiger partial charge in [-0.25, -0.2) is 9.97 Å². The molecule has 2 aromatic rings. The predicted molar refractivity (Wildman–Crippen MR) is 92.3 cm³/mol. The van der Waals surface area contributed by atoms with Gasteiger partial charge in [-0.1, -0.05) is 0 Å². The van der Waals surface area contributed by atoms with Crippen LogP contribution in [0.1, 0.15) is 12.5 Å². The maximum atomic E-state index is 8.98. The zero-order valence-corrected chi connectivity index (χ0v) is 14.8. The van der Waals surface area contributed by atoms with Gasteiger partial charge < -0.3 is 14.5 Å². The van der Waals surface area contributed by atoms with Gasteiger partial charge in [0.15, 0.2) is 11.9 Å². The third-order valence-electron chi connectivity index (χ3n) is 3.89. The van der Waals surface area contributed by atoms with Gasteiger partial charge >= 0.3 is 0 Å². The van der Waals surface area contributed by atoms with Crippen LogP contribution in [0.15, 0.2) is 35.3 Å². The van der Waals surface area contributed by atoms with Gasteiger partial charge in [0.05, 0.1) is 12.4 Å². The molecule has 0 N–H and O–H groups in total. The fourth-order valence-electron chi connectivity index (χ4n) is 2.56. The Kier molecular flexibility index (Phi) is 5.11. The molecule has 0 aromatic carbocycles. The van der Waals surface area contributed by atoms with Gasteiger partial charge in [0.25, 0.3) is 0 Å². The second-order valence-electron chi connectivity index (χ2n) is 5.56. The molecule has 0 aliphatic carbocycles. The number of nitrogens with zero attached hydrogens (tertiary/aromatic N) is 6. The number of ether oxygens (including phenoxy) is 1. The molecule has 24 heavy (non-hydrogen) atoms. The van der Waals surface area contributed by atoms with Gasteiger partial charge in [-0.15, -0.1) is 0 Å². The van der Waals surface area contributed by atoms with Crippen molar-refractivity contribution in [3.05, 3.63) is 40.9 Å². The van der Waals surface area contributed by atoms with E-state index in [0.29, 0.717) is 31.4 Å². The zero-order valence-electron chi connectivity index (χ0n) is 13.3. The molecule has 1 unspecified atom stereocenters. The Morgan fingerprint density at radius 1 is 1.33 bits per heavy atom. The fraction of sp³-hybridized carbons (Fsp3) is 0.375. The molecular weight excluding hydrogens is 372 g/mol. The maximum absolute atomic E-state index is 8.98. The molecule has 7 nitrogen and oxygen atoms in total. The van der Waals surface area contributed by atoms with E-state index in [0.717, 1.165) is 16.6 Å². The molecule has 0 saturated carbocycles. The fourth-order valence-corrected chi connectivity index (χ4v) is 2.92. The van der Waals surface area contributed by atoms with E-state index in [1.807, 2.05) is 6.07 Å². The lowest BCUT2D eigenvalue weighted by Crippen LogP contribution is -2.50. The Bertz CT molecular complexity index is 732. The Hall–Kier alpha value is -2.40. The monoisotopic (exact) mass is 388 g/mol. The average Bonchev–Trinajstić information content (AvgIpc) is 2.61. The first-order valence-corrected chi connectivity index (χ1v) is 8.41. The standard InChI is InChI=1S/C16H17BrN6O/c1-12-9-22(11-18)4-5-23(12)16-20-6-14(7-21-16)24-10-13-2-3-19-8-15(13)17/h2-3,6-8,12H,4-5,9-10H2,1H3. The van der Waals surface area contributed by atoms with E-state index in [1.165, 1.54) is 0 Å². The summed E-state index contributed by atoms with van der Waals surface area (Å²) in [4.78, 5) is 16.7. The highest BCUT2D eigenvalue weighted by atomic mass is 79.9. The molecule has 8 heteroatoms. The SMILES string of the molecule is CC1CN(C#N)CCN1c1ncc(OCc2ccncc2Br)cn1. The molecule has 0 bridgehead atoms. The Morgan fingerprint density at radius 3 is 2.79 bits per heavy atom. The average molecular weight is 389 g/mol. The van der Waals surface area contributed by atoms with Crippen LogP contribution in [0.4, 0.5) is 5.95 Å². The van der Waals surface area contributed by atoms with Crippen molar-refractivity contribution in [2.45, 2.75) is 19.6 Å². The smallest absolute Gasteiger partial charge is 0.225 e. The number of hydrogen-bond donors (Lipinski definition) is 0. The molecular formula is C16H17BrN6O. The Labute approximate surface area is 149 Å². The zero-order chi connectivity index (χ0) is 16.9. The lowest BCUT2D eigenvalue weighted by atomic mass is 10.2. The van der Waals surface area contributed by atoms with Gasteiger partial charge in [-0.3, -0.25) is 4.98 Å². The van der Waals surface area contributed by atoms with Crippen molar-refractivity contribution in [2.75, 3.05) is 24.5 Å². The van der Waals surface area contributed by atoms with Crippen molar-refractivity contribution in [3.63, 3.8) is 0 Å². The van der Waals surface area contributed by atoms with Crippen LogP contribution >= 0.6 is 15.9 Å². The van der Waals surface area contributed by atoms with Gasteiger partial charge in [-0.2, -0.15) is 5.26 Å². The molecule has 3 heterocycles. The van der Waals surface area contributed by atoms with Crippen molar-refractivity contribution >= 4 is 21.9 Å². The summed E-state index contributed by atoms with van der Waals surface area (Å²) in [5, 5.41) is 8.98. The van der Waals surface area contributed by atoms with Crippen molar-refractivity contribution < 1.29 is 4.74 Å². The summed E-state index contributed by atoms with van der Waals surface area (Å²) in [7, 11) is 0. The van der Waals surface area contributed by atoms with E-state index in [9.17, 15) is 0 Å². The Morgan fingerprint density at radius 2 is 2.12 bits per heavy atom. The molecule has 0 amide bonds. The van der Waals surface area contributed by atoms with E-state index in [2.05, 4.69) is 48.9 Å². The van der Waals surface area contributed by atoms with E-state index in [4.69, 9.17) is 10.00 Å². The molecule has 1 saturated heterocycles. The van der Waals surface area contributed by atoms with Gasteiger partial charge in [0, 0.05) is 48.1 Å². The van der Waals surface area contributed by atoms with E-state index >= 15 is 0 Å². The number of hydrogen-bond acceptors (Lipinski definition) is 7. The second kappa shape index (κ2) is 7.45. The highest BCUT2D eigenvalue weighted by molar-refractivity contribution is 9.10. The van der Waals surface area contributed by atoms with E-state index in [1.54, 1.807) is 29.7 Å². The quantitative estimate of drug-likeness (QED) is 0.742. The summed E-state index contributed by atoms with van der Waals surface area (Å²) in [6.45, 7) is 4.60. The lowest BCUT2D eigenvalue weighted by molar-refractivity contribution is 0.301. The third-order valence-corrected chi connectivity index (χ3v) is 4.61. The minimum absolute atomic E-state index is 0.193. The topological polar surface area (TPSA) is 78.2 Å². The van der Waals surface area contributed by atoms with Gasteiger partial charge in [-0.05, 0) is 28.9 Å². The first-order valence-electron chi connectivity index (χ1n) is 7.62. The van der Waals surface area contributed by atoms with Gasteiger partial charge in [0.2, 0.25) is 5.95 Å². The summed E-state index contributed by atoms with van der Waals surface area (Å²) in [6.07, 6.45) is 9.02. The molecule has 0 spiro atoms. The highest BCUT2D eigenvalue weighted by Crippen LogP contribution is 2.20. The number of piperazine rings is 1. The minimum atomic E-state index is 0.193. The third kappa shape index (κ3) is 3.74. The molecule has 1 fully saturated rings. The summed E-state index contributed by atoms with van der Waals surface area (Å²) in [5.74, 6) is 1.28. The minimum Gasteiger partial charge on any atom is -0.486 e. The summed E-state index contributed by atoms with van der Waals surface area (Å²) < 4.78 is 6.63. The molecule has 1 atom stereocenters. The Balaban J connectivity index is 1.62. The normalized spacial score (nSPS) is 17.5. The summed E-state index contributed by atoms with van der Waals surface area (Å²) >= 11 is 3.44. The molecule has 2 aromatic heterocycles. The summed E-state index contributed by atoms with van der Waals surface area (Å²) in [6, 6.07) is 2.09. The molecule has 124 valence electrons. The first-order chi connectivity index (χ1) is 11.7. The van der Waals surface area contributed by atoms with E-state index in [-0.39, 0.29) is 6.04 Å². The number of pyridine rings is 1. The summed E-state index contributed by atoms with van der Waals surface area (Å²) in [5.41, 5.74) is 1.01. The number of nitriles is 1. The molecule has 0 radical (unpaired) electrons. The highest BCUT2D eigenvalue weighted by Gasteiger charge is 2.24. The van der Waals surface area contributed by atoms with Crippen LogP contribution in [0.3, 0.4) is 0 Å². The second-order valence-corrected chi connectivity index (χ2v) is 6.42. The first kappa shape index (κ1) is 16.5. The van der Waals surface area contributed by atoms with Crippen LogP contribution in [-0.4, -0.2) is 45.5 Å². The van der Waals surface area contributed by atoms with Crippen molar-refractivity contribution in [3.8, 4) is 11.9 Å². The van der Waals surface area contributed by atoms with Crippen molar-refractivity contribution in [1.29, 1.82) is 5.26 Å². The maximum Gasteiger partial charge on any atom is 0.225 e. The number of rotatable bonds is 4. The van der Waals surface area contributed by atoms with Crippen molar-refractivity contribution in [2.24, 2.45) is 0 Å². The molecule has 3 rings (SSSR count). The number of anilines is 1. The van der Waals surface area contributed by atoms with Crippen LogP contribution in [0.5, 0.6) is 5.75 Å². The lowest BCUT2D eigenvalue weighted by Gasteiger charge is -2.37. The van der Waals surface area contributed by atoms with Crippen LogP contribution in [0, 0.1) is 11.5 Å². The van der Waals surface area contributed by atoms with Crippen LogP contribution in [0.25, 0.3) is 0 Å². The predicted octanol–water partition coefficient (Wildman–Crippen LogP) is 2.20. The molecule has 1 aliphatic rings. The number of aromatic nitrogens is 3. The van der Waals surface area contributed by atoms with Crippen LogP contribution in [-0.2, 0) is 6.61 Å². The van der Waals surface area contributed by atoms with Crippen LogP contribution in [0.2, 0.25) is 0 Å². The molecule has 1 aliphatic heterocycles. The van der Waals surface area contributed by atoms with E-state index < -0.39 is 0 Å². The number of halogens is 1. The van der Waals surface area contributed by atoms with Crippen LogP contribution < -0.4 is 9.64 Å². The van der Waals surface area contributed by atoms with Crippen molar-refractivity contribution in [1.82, 2.24) is 19.9 Å².